The molecule has 4 N–H and O–H groups in total. The van der Waals surface area contributed by atoms with E-state index < -0.39 is 0 Å². The van der Waals surface area contributed by atoms with E-state index >= 15 is 0 Å². The fourth-order valence-electron chi connectivity index (χ4n) is 0.856. The van der Waals surface area contributed by atoms with Crippen LogP contribution < -0.4 is 11.5 Å². The summed E-state index contributed by atoms with van der Waals surface area (Å²) in [6.07, 6.45) is 0.509. The van der Waals surface area contributed by atoms with Gasteiger partial charge in [-0.1, -0.05) is 12.8 Å². The van der Waals surface area contributed by atoms with Crippen LogP contribution in [0.15, 0.2) is 0 Å². The first-order chi connectivity index (χ1) is 4.61. The predicted octanol–water partition coefficient (Wildman–Crippen LogP) is 0.215. The van der Waals surface area contributed by atoms with Gasteiger partial charge in [0.1, 0.15) is 0 Å². The van der Waals surface area contributed by atoms with Gasteiger partial charge < -0.3 is 11.5 Å². The molecule has 0 aromatic rings. The van der Waals surface area contributed by atoms with Crippen molar-refractivity contribution >= 4 is 0 Å². The van der Waals surface area contributed by atoms with Gasteiger partial charge in [-0.3, -0.25) is 0 Å². The van der Waals surface area contributed by atoms with Gasteiger partial charge >= 0.3 is 0 Å². The second-order valence-electron chi connectivity index (χ2n) is 2.27. The third-order valence-electron chi connectivity index (χ3n) is 1.53. The van der Waals surface area contributed by atoms with E-state index in [4.69, 9.17) is 14.2 Å². The van der Waals surface area contributed by atoms with Crippen LogP contribution in [0.1, 0.15) is 28.4 Å². The second kappa shape index (κ2) is 2.46. The number of hydrogen-bond donors (Lipinski definition) is 2. The summed E-state index contributed by atoms with van der Waals surface area (Å²) in [7, 11) is 0. The third kappa shape index (κ3) is 1.20. The van der Waals surface area contributed by atoms with Crippen LogP contribution in [0.5, 0.6) is 0 Å². The lowest BCUT2D eigenvalue weighted by molar-refractivity contribution is 0.385. The van der Waals surface area contributed by atoms with E-state index in [1.807, 2.05) is 0 Å². The monoisotopic (exact) mass is 118 g/mol. The predicted molar refractivity (Wildman–Crippen MR) is 34.4 cm³/mol. The number of hydrogen-bond acceptors (Lipinski definition) is 2. The smallest absolute Gasteiger partial charge is 0.0267 e. The normalized spacial score (nSPS) is 61.8. The molecule has 2 heteroatoms. The lowest BCUT2D eigenvalue weighted by Crippen LogP contribution is -2.43. The first-order valence-corrected chi connectivity index (χ1v) is 2.97. The fourth-order valence-corrected chi connectivity index (χ4v) is 0.856. The van der Waals surface area contributed by atoms with Crippen molar-refractivity contribution in [3.05, 3.63) is 0 Å². The molecule has 0 heterocycles. The van der Waals surface area contributed by atoms with Gasteiger partial charge in [-0.25, -0.2) is 0 Å². The van der Waals surface area contributed by atoms with Crippen LogP contribution >= 0.6 is 0 Å². The quantitative estimate of drug-likeness (QED) is 0.478. The van der Waals surface area contributed by atoms with Crippen LogP contribution in [0, 0.1) is 0 Å². The summed E-state index contributed by atoms with van der Waals surface area (Å²) < 4.78 is 14.8. The maximum atomic E-state index is 7.38. The van der Waals surface area contributed by atoms with Crippen molar-refractivity contribution < 1.29 is 2.74 Å². The summed E-state index contributed by atoms with van der Waals surface area (Å²) in [6, 6.07) is -0.131. The molecule has 1 fully saturated rings. The van der Waals surface area contributed by atoms with Gasteiger partial charge in [-0.15, -0.1) is 0 Å². The second-order valence-corrected chi connectivity index (χ2v) is 2.27. The van der Waals surface area contributed by atoms with Gasteiger partial charge in [0.05, 0.1) is 0 Å². The van der Waals surface area contributed by atoms with E-state index in [9.17, 15) is 0 Å². The molecular weight excluding hydrogens is 100 g/mol. The summed E-state index contributed by atoms with van der Waals surface area (Å²) in [5.74, 6) is 0. The minimum atomic E-state index is -0.324. The standard InChI is InChI=1S/C6H14N2/c7-5-3-1-2-4-6(5)8/h5-6H,1-4,7-8H2/t5-,6-/m1/s1/i1T,2T/t1?,2?,5-,6-. The topological polar surface area (TPSA) is 52.0 Å². The Kier molecular flexibility index (Phi) is 1.19. The largest absolute Gasteiger partial charge is 0.326 e. The summed E-state index contributed by atoms with van der Waals surface area (Å²) in [5, 5.41) is 0. The van der Waals surface area contributed by atoms with Crippen LogP contribution in [0.3, 0.4) is 0 Å². The minimum absolute atomic E-state index is 0.0656. The fraction of sp³-hybridized carbons (Fsp3) is 1.00. The van der Waals surface area contributed by atoms with Crippen molar-refractivity contribution in [1.82, 2.24) is 0 Å². The van der Waals surface area contributed by atoms with E-state index in [2.05, 4.69) is 0 Å². The maximum Gasteiger partial charge on any atom is 0.0267 e. The summed E-state index contributed by atoms with van der Waals surface area (Å²) in [5.41, 5.74) is 11.2. The molecule has 48 valence electrons. The van der Waals surface area contributed by atoms with Gasteiger partial charge in [0.2, 0.25) is 0 Å². The van der Waals surface area contributed by atoms with Crippen LogP contribution in [-0.2, 0) is 0 Å². The molecule has 2 nitrogen and oxygen atoms in total. The SMILES string of the molecule is [3H]C1C[C@@H](N)[C@H](N)CC1[3H]. The first-order valence-electron chi connectivity index (χ1n) is 4.12. The molecule has 4 atom stereocenters. The van der Waals surface area contributed by atoms with Crippen molar-refractivity contribution in [2.45, 2.75) is 37.7 Å². The Morgan fingerprint density at radius 2 is 1.50 bits per heavy atom. The van der Waals surface area contributed by atoms with Gasteiger partial charge in [-0.05, 0) is 12.8 Å². The average molecular weight is 118 g/mol. The summed E-state index contributed by atoms with van der Waals surface area (Å²) >= 11 is 0. The number of nitrogens with two attached hydrogens (primary N) is 2. The Morgan fingerprint density at radius 3 is 1.88 bits per heavy atom. The average Bonchev–Trinajstić information content (AvgIpc) is 1.84. The zero-order chi connectivity index (χ0) is 7.72. The van der Waals surface area contributed by atoms with Crippen molar-refractivity contribution in [2.24, 2.45) is 11.5 Å². The third-order valence-corrected chi connectivity index (χ3v) is 1.53. The van der Waals surface area contributed by atoms with Gasteiger partial charge in [-0.2, -0.15) is 0 Å². The molecule has 0 saturated heterocycles. The molecule has 0 bridgehead atoms. The molecule has 0 aromatic carbocycles. The van der Waals surface area contributed by atoms with Gasteiger partial charge in [0.15, 0.2) is 0 Å². The molecule has 0 aliphatic heterocycles. The van der Waals surface area contributed by atoms with Crippen molar-refractivity contribution in [2.75, 3.05) is 0 Å². The van der Waals surface area contributed by atoms with Crippen LogP contribution in [0.2, 0.25) is 0 Å². The Hall–Kier alpha value is -0.0800. The van der Waals surface area contributed by atoms with E-state index in [1.165, 1.54) is 0 Å². The lowest BCUT2D eigenvalue weighted by Gasteiger charge is -2.24. The molecular formula is C6H14N2. The maximum absolute atomic E-state index is 7.38. The highest BCUT2D eigenvalue weighted by atomic mass is 14.8. The molecule has 0 radical (unpaired) electrons. The Bertz CT molecular complexity index is 94.3. The molecule has 1 aliphatic rings. The Balaban J connectivity index is 2.46. The highest BCUT2D eigenvalue weighted by Crippen LogP contribution is 2.14. The van der Waals surface area contributed by atoms with Crippen molar-refractivity contribution in [3.8, 4) is 0 Å². The molecule has 0 aromatic heterocycles. The Morgan fingerprint density at radius 1 is 1.12 bits per heavy atom. The highest BCUT2D eigenvalue weighted by Gasteiger charge is 2.16. The molecule has 0 spiro atoms. The lowest BCUT2D eigenvalue weighted by atomic mass is 9.92. The zero-order valence-electron chi connectivity index (χ0n) is 6.88. The van der Waals surface area contributed by atoms with E-state index in [1.54, 1.807) is 0 Å². The highest BCUT2D eigenvalue weighted by molar-refractivity contribution is 4.79. The summed E-state index contributed by atoms with van der Waals surface area (Å²) in [4.78, 5) is 0. The van der Waals surface area contributed by atoms with Gasteiger partial charge in [0.25, 0.3) is 0 Å². The molecule has 8 heavy (non-hydrogen) atoms. The van der Waals surface area contributed by atoms with E-state index in [-0.39, 0.29) is 24.9 Å². The van der Waals surface area contributed by atoms with Crippen LogP contribution in [-0.4, -0.2) is 12.1 Å². The van der Waals surface area contributed by atoms with E-state index in [0.717, 1.165) is 0 Å². The number of rotatable bonds is 0. The van der Waals surface area contributed by atoms with Crippen LogP contribution in [0.25, 0.3) is 0 Å². The van der Waals surface area contributed by atoms with Crippen molar-refractivity contribution in [1.29, 1.82) is 0 Å². The van der Waals surface area contributed by atoms with Crippen LogP contribution in [0.4, 0.5) is 0 Å². The van der Waals surface area contributed by atoms with Crippen molar-refractivity contribution in [3.63, 3.8) is 0 Å². The Labute approximate surface area is 53.0 Å². The summed E-state index contributed by atoms with van der Waals surface area (Å²) in [6.45, 7) is 0. The molecule has 1 rings (SSSR count). The molecule has 0 amide bonds. The molecule has 1 aliphatic carbocycles. The van der Waals surface area contributed by atoms with E-state index in [0.29, 0.717) is 12.8 Å². The van der Waals surface area contributed by atoms with Gasteiger partial charge in [0, 0.05) is 14.8 Å². The molecule has 1 saturated carbocycles. The molecule has 2 unspecified atom stereocenters. The zero-order valence-corrected chi connectivity index (χ0v) is 4.88. The minimum Gasteiger partial charge on any atom is -0.326 e. The first kappa shape index (κ1) is 3.85.